The maximum absolute atomic E-state index is 13.3. The molecule has 2 aliphatic heterocycles. The van der Waals surface area contributed by atoms with Gasteiger partial charge in [-0.2, -0.15) is 0 Å². The highest BCUT2D eigenvalue weighted by molar-refractivity contribution is 5.23. The van der Waals surface area contributed by atoms with Crippen LogP contribution in [0.15, 0.2) is 18.2 Å². The quantitative estimate of drug-likeness (QED) is 0.912. The van der Waals surface area contributed by atoms with Gasteiger partial charge in [0.15, 0.2) is 0 Å². The minimum Gasteiger partial charge on any atom is -0.310 e. The van der Waals surface area contributed by atoms with E-state index < -0.39 is 0 Å². The standard InChI is InChI=1S/C17H25FN2/c1-12-8-13(6-7-17(12)18)11-19-14-9-15-4-3-5-16(10-14)20(15)2/h6-8,14-16,19H,3-5,9-11H2,1-2H3. The third-order valence-corrected chi connectivity index (χ3v) is 5.16. The number of nitrogens with zero attached hydrogens (tertiary/aromatic N) is 1. The SMILES string of the molecule is Cc1cc(CNC2CC3CCCC(C2)N3C)ccc1F. The van der Waals surface area contributed by atoms with Crippen LogP contribution in [0.2, 0.25) is 0 Å². The molecule has 2 fully saturated rings. The van der Waals surface area contributed by atoms with Gasteiger partial charge in [-0.3, -0.25) is 0 Å². The Morgan fingerprint density at radius 2 is 1.95 bits per heavy atom. The zero-order valence-electron chi connectivity index (χ0n) is 12.5. The van der Waals surface area contributed by atoms with Crippen molar-refractivity contribution in [2.24, 2.45) is 0 Å². The molecule has 2 aliphatic rings. The first-order valence-corrected chi connectivity index (χ1v) is 7.84. The van der Waals surface area contributed by atoms with Crippen LogP contribution in [0.3, 0.4) is 0 Å². The molecule has 3 rings (SSSR count). The molecule has 2 atom stereocenters. The third-order valence-electron chi connectivity index (χ3n) is 5.16. The molecule has 110 valence electrons. The fourth-order valence-electron chi connectivity index (χ4n) is 3.86. The molecule has 1 aromatic rings. The van der Waals surface area contributed by atoms with Crippen molar-refractivity contribution in [1.29, 1.82) is 0 Å². The molecule has 3 heteroatoms. The molecule has 2 heterocycles. The van der Waals surface area contributed by atoms with Crippen LogP contribution in [-0.4, -0.2) is 30.1 Å². The molecule has 0 spiro atoms. The van der Waals surface area contributed by atoms with E-state index in [1.54, 1.807) is 6.07 Å². The number of rotatable bonds is 3. The second kappa shape index (κ2) is 5.82. The first-order valence-electron chi connectivity index (χ1n) is 7.84. The fraction of sp³-hybridized carbons (Fsp3) is 0.647. The fourth-order valence-corrected chi connectivity index (χ4v) is 3.86. The van der Waals surface area contributed by atoms with Crippen molar-refractivity contribution in [3.8, 4) is 0 Å². The van der Waals surface area contributed by atoms with Gasteiger partial charge < -0.3 is 10.2 Å². The van der Waals surface area contributed by atoms with Crippen LogP contribution < -0.4 is 5.32 Å². The summed E-state index contributed by atoms with van der Waals surface area (Å²) < 4.78 is 13.3. The molecular formula is C17H25FN2. The van der Waals surface area contributed by atoms with E-state index in [2.05, 4.69) is 17.3 Å². The Balaban J connectivity index is 1.57. The van der Waals surface area contributed by atoms with Crippen LogP contribution in [0.5, 0.6) is 0 Å². The topological polar surface area (TPSA) is 15.3 Å². The van der Waals surface area contributed by atoms with E-state index >= 15 is 0 Å². The number of aryl methyl sites for hydroxylation is 1. The van der Waals surface area contributed by atoms with Crippen LogP contribution in [0.1, 0.15) is 43.2 Å². The van der Waals surface area contributed by atoms with Crippen LogP contribution in [0.4, 0.5) is 4.39 Å². The zero-order chi connectivity index (χ0) is 14.1. The van der Waals surface area contributed by atoms with Crippen molar-refractivity contribution < 1.29 is 4.39 Å². The predicted molar refractivity (Wildman–Crippen MR) is 80.2 cm³/mol. The van der Waals surface area contributed by atoms with Crippen LogP contribution in [-0.2, 0) is 6.54 Å². The lowest BCUT2D eigenvalue weighted by molar-refractivity contribution is 0.0482. The predicted octanol–water partition coefficient (Wildman–Crippen LogP) is 3.24. The summed E-state index contributed by atoms with van der Waals surface area (Å²) in [6.07, 6.45) is 6.60. The summed E-state index contributed by atoms with van der Waals surface area (Å²) >= 11 is 0. The minimum absolute atomic E-state index is 0.109. The van der Waals surface area contributed by atoms with Gasteiger partial charge in [0.1, 0.15) is 5.82 Å². The number of piperidine rings is 2. The average Bonchev–Trinajstić information content (AvgIpc) is 2.41. The smallest absolute Gasteiger partial charge is 0.126 e. The first-order chi connectivity index (χ1) is 9.63. The molecule has 1 aromatic carbocycles. The molecule has 0 amide bonds. The zero-order valence-corrected chi connectivity index (χ0v) is 12.5. The summed E-state index contributed by atoms with van der Waals surface area (Å²) in [7, 11) is 2.29. The van der Waals surface area contributed by atoms with E-state index in [0.29, 0.717) is 6.04 Å². The van der Waals surface area contributed by atoms with E-state index in [1.165, 1.54) is 37.7 Å². The second-order valence-electron chi connectivity index (χ2n) is 6.54. The number of hydrogen-bond donors (Lipinski definition) is 1. The van der Waals surface area contributed by atoms with Crippen molar-refractivity contribution in [1.82, 2.24) is 10.2 Å². The summed E-state index contributed by atoms with van der Waals surface area (Å²) in [5, 5.41) is 3.68. The third kappa shape index (κ3) is 2.89. The molecular weight excluding hydrogens is 251 g/mol. The summed E-state index contributed by atoms with van der Waals surface area (Å²) in [5.74, 6) is -0.109. The maximum atomic E-state index is 13.3. The van der Waals surface area contributed by atoms with Crippen molar-refractivity contribution >= 4 is 0 Å². The summed E-state index contributed by atoms with van der Waals surface area (Å²) in [4.78, 5) is 2.59. The van der Waals surface area contributed by atoms with E-state index in [0.717, 1.165) is 24.2 Å². The van der Waals surface area contributed by atoms with Crippen LogP contribution in [0.25, 0.3) is 0 Å². The van der Waals surface area contributed by atoms with Gasteiger partial charge in [-0.15, -0.1) is 0 Å². The molecule has 2 saturated heterocycles. The van der Waals surface area contributed by atoms with Gasteiger partial charge in [0.2, 0.25) is 0 Å². The molecule has 0 aromatic heterocycles. The first kappa shape index (κ1) is 14.0. The normalized spacial score (nSPS) is 30.4. The van der Waals surface area contributed by atoms with Gasteiger partial charge >= 0.3 is 0 Å². The Hall–Kier alpha value is -0.930. The number of halogens is 1. The second-order valence-corrected chi connectivity index (χ2v) is 6.54. The molecule has 2 bridgehead atoms. The molecule has 1 N–H and O–H groups in total. The molecule has 2 nitrogen and oxygen atoms in total. The summed E-state index contributed by atoms with van der Waals surface area (Å²) in [5.41, 5.74) is 1.93. The van der Waals surface area contributed by atoms with Gasteiger partial charge in [0.25, 0.3) is 0 Å². The monoisotopic (exact) mass is 276 g/mol. The van der Waals surface area contributed by atoms with E-state index in [9.17, 15) is 4.39 Å². The highest BCUT2D eigenvalue weighted by Gasteiger charge is 2.35. The van der Waals surface area contributed by atoms with Crippen molar-refractivity contribution in [2.45, 2.75) is 63.7 Å². The highest BCUT2D eigenvalue weighted by Crippen LogP contribution is 2.32. The Kier molecular flexibility index (Phi) is 4.08. The Morgan fingerprint density at radius 3 is 2.60 bits per heavy atom. The molecule has 20 heavy (non-hydrogen) atoms. The van der Waals surface area contributed by atoms with Crippen LogP contribution >= 0.6 is 0 Å². The van der Waals surface area contributed by atoms with Gasteiger partial charge in [-0.1, -0.05) is 18.6 Å². The maximum Gasteiger partial charge on any atom is 0.126 e. The average molecular weight is 276 g/mol. The summed E-state index contributed by atoms with van der Waals surface area (Å²) in [6, 6.07) is 7.57. The van der Waals surface area contributed by atoms with E-state index in [1.807, 2.05) is 19.1 Å². The Labute approximate surface area is 121 Å². The molecule has 0 radical (unpaired) electrons. The van der Waals surface area contributed by atoms with Crippen molar-refractivity contribution in [3.05, 3.63) is 35.1 Å². The summed E-state index contributed by atoms with van der Waals surface area (Å²) in [6.45, 7) is 2.69. The van der Waals surface area contributed by atoms with Gasteiger partial charge in [0.05, 0.1) is 0 Å². The number of nitrogens with one attached hydrogen (secondary N) is 1. The lowest BCUT2D eigenvalue weighted by Gasteiger charge is -2.47. The van der Waals surface area contributed by atoms with Crippen molar-refractivity contribution in [2.75, 3.05) is 7.05 Å². The molecule has 0 aliphatic carbocycles. The number of fused-ring (bicyclic) bond motifs is 2. The minimum atomic E-state index is -0.109. The van der Waals surface area contributed by atoms with Gasteiger partial charge in [-0.25, -0.2) is 4.39 Å². The van der Waals surface area contributed by atoms with E-state index in [-0.39, 0.29) is 5.82 Å². The largest absolute Gasteiger partial charge is 0.310 e. The number of hydrogen-bond acceptors (Lipinski definition) is 2. The van der Waals surface area contributed by atoms with Crippen molar-refractivity contribution in [3.63, 3.8) is 0 Å². The highest BCUT2D eigenvalue weighted by atomic mass is 19.1. The Morgan fingerprint density at radius 1 is 1.25 bits per heavy atom. The number of benzene rings is 1. The lowest BCUT2D eigenvalue weighted by atomic mass is 9.82. The molecule has 2 unspecified atom stereocenters. The van der Waals surface area contributed by atoms with E-state index in [4.69, 9.17) is 0 Å². The lowest BCUT2D eigenvalue weighted by Crippen LogP contribution is -2.54. The van der Waals surface area contributed by atoms with Gasteiger partial charge in [0, 0.05) is 24.7 Å². The molecule has 0 saturated carbocycles. The van der Waals surface area contributed by atoms with Gasteiger partial charge in [-0.05, 0) is 56.8 Å². The Bertz CT molecular complexity index is 460. The van der Waals surface area contributed by atoms with Crippen LogP contribution in [0, 0.1) is 12.7 Å².